The summed E-state index contributed by atoms with van der Waals surface area (Å²) in [5.74, 6) is -0.306. The molecule has 0 saturated heterocycles. The van der Waals surface area contributed by atoms with Gasteiger partial charge in [-0.15, -0.1) is 0 Å². The van der Waals surface area contributed by atoms with Crippen LogP contribution in [0.1, 0.15) is 37.7 Å². The van der Waals surface area contributed by atoms with Gasteiger partial charge in [-0.25, -0.2) is 4.39 Å². The Hall–Kier alpha value is -0.600. The maximum atomic E-state index is 13.7. The number of halogens is 2. The minimum atomic E-state index is -0.306. The lowest BCUT2D eigenvalue weighted by molar-refractivity contribution is 0.291. The van der Waals surface area contributed by atoms with Crippen molar-refractivity contribution in [1.29, 1.82) is 0 Å². The molecule has 2 N–H and O–H groups in total. The van der Waals surface area contributed by atoms with Crippen molar-refractivity contribution in [2.45, 2.75) is 44.1 Å². The summed E-state index contributed by atoms with van der Waals surface area (Å²) in [5, 5.41) is 0.192. The van der Waals surface area contributed by atoms with Crippen molar-refractivity contribution in [2.75, 3.05) is 0 Å². The molecule has 0 atom stereocenters. The first kappa shape index (κ1) is 11.9. The summed E-state index contributed by atoms with van der Waals surface area (Å²) in [6.45, 7) is 0. The molecule has 0 unspecified atom stereocenters. The summed E-state index contributed by atoms with van der Waals surface area (Å²) in [7, 11) is 0. The molecular formula is C13H17ClFN. The SMILES string of the molecule is NC1(Cc2cccc(Cl)c2F)CCCCC1. The third-order valence-electron chi connectivity index (χ3n) is 3.42. The van der Waals surface area contributed by atoms with Crippen molar-refractivity contribution in [3.8, 4) is 0 Å². The molecule has 1 aromatic carbocycles. The van der Waals surface area contributed by atoms with E-state index < -0.39 is 0 Å². The molecule has 0 heterocycles. The van der Waals surface area contributed by atoms with Crippen LogP contribution in [-0.2, 0) is 6.42 Å². The molecule has 0 aliphatic heterocycles. The van der Waals surface area contributed by atoms with Gasteiger partial charge in [0.25, 0.3) is 0 Å². The smallest absolute Gasteiger partial charge is 0.145 e. The van der Waals surface area contributed by atoms with Crippen LogP contribution in [0.4, 0.5) is 4.39 Å². The van der Waals surface area contributed by atoms with Gasteiger partial charge in [0.1, 0.15) is 5.82 Å². The average molecular weight is 242 g/mol. The van der Waals surface area contributed by atoms with Crippen LogP contribution in [0.15, 0.2) is 18.2 Å². The lowest BCUT2D eigenvalue weighted by Gasteiger charge is -2.33. The molecule has 0 radical (unpaired) electrons. The van der Waals surface area contributed by atoms with Crippen LogP contribution in [0, 0.1) is 5.82 Å². The molecule has 2 rings (SSSR count). The number of nitrogens with two attached hydrogens (primary N) is 1. The third kappa shape index (κ3) is 2.55. The highest BCUT2D eigenvalue weighted by molar-refractivity contribution is 6.30. The molecule has 0 aromatic heterocycles. The zero-order valence-electron chi connectivity index (χ0n) is 9.31. The topological polar surface area (TPSA) is 26.0 Å². The first-order valence-corrected chi connectivity index (χ1v) is 6.20. The van der Waals surface area contributed by atoms with Gasteiger partial charge in [-0.05, 0) is 30.9 Å². The van der Waals surface area contributed by atoms with Crippen LogP contribution in [0.5, 0.6) is 0 Å². The summed E-state index contributed by atoms with van der Waals surface area (Å²) < 4.78 is 13.7. The Balaban J connectivity index is 2.16. The molecule has 3 heteroatoms. The van der Waals surface area contributed by atoms with Crippen molar-refractivity contribution in [3.05, 3.63) is 34.6 Å². The Morgan fingerprint density at radius 2 is 1.94 bits per heavy atom. The van der Waals surface area contributed by atoms with E-state index in [9.17, 15) is 4.39 Å². The second-order valence-electron chi connectivity index (χ2n) is 4.81. The standard InChI is InChI=1S/C13H17ClFN/c14-11-6-4-5-10(12(11)15)9-13(16)7-2-1-3-8-13/h4-6H,1-3,7-9,16H2. The van der Waals surface area contributed by atoms with E-state index in [2.05, 4.69) is 0 Å². The highest BCUT2D eigenvalue weighted by Gasteiger charge is 2.28. The molecule has 1 fully saturated rings. The zero-order valence-corrected chi connectivity index (χ0v) is 10.1. The fourth-order valence-electron chi connectivity index (χ4n) is 2.50. The zero-order chi connectivity index (χ0) is 11.6. The Kier molecular flexibility index (Phi) is 3.50. The van der Waals surface area contributed by atoms with E-state index in [-0.39, 0.29) is 16.4 Å². The quantitative estimate of drug-likeness (QED) is 0.840. The van der Waals surface area contributed by atoms with Crippen LogP contribution in [-0.4, -0.2) is 5.54 Å². The lowest BCUT2D eigenvalue weighted by Crippen LogP contribution is -2.43. The van der Waals surface area contributed by atoms with Crippen molar-refractivity contribution < 1.29 is 4.39 Å². The molecular weight excluding hydrogens is 225 g/mol. The first-order valence-electron chi connectivity index (χ1n) is 5.82. The van der Waals surface area contributed by atoms with Gasteiger partial charge in [0.15, 0.2) is 0 Å². The van der Waals surface area contributed by atoms with Gasteiger partial charge in [-0.3, -0.25) is 0 Å². The fraction of sp³-hybridized carbons (Fsp3) is 0.538. The van der Waals surface area contributed by atoms with E-state index in [1.54, 1.807) is 18.2 Å². The predicted octanol–water partition coefficient (Wildman–Crippen LogP) is 3.68. The molecule has 1 nitrogen and oxygen atoms in total. The number of hydrogen-bond acceptors (Lipinski definition) is 1. The lowest BCUT2D eigenvalue weighted by atomic mass is 9.78. The Morgan fingerprint density at radius 3 is 2.62 bits per heavy atom. The maximum Gasteiger partial charge on any atom is 0.145 e. The molecule has 0 spiro atoms. The van der Waals surface area contributed by atoms with E-state index in [0.29, 0.717) is 12.0 Å². The summed E-state index contributed by atoms with van der Waals surface area (Å²) in [6.07, 6.45) is 6.12. The highest BCUT2D eigenvalue weighted by atomic mass is 35.5. The van der Waals surface area contributed by atoms with E-state index in [0.717, 1.165) is 25.7 Å². The predicted molar refractivity (Wildman–Crippen MR) is 65.1 cm³/mol. The maximum absolute atomic E-state index is 13.7. The van der Waals surface area contributed by atoms with Crippen molar-refractivity contribution in [1.82, 2.24) is 0 Å². The van der Waals surface area contributed by atoms with E-state index in [4.69, 9.17) is 17.3 Å². The van der Waals surface area contributed by atoms with Gasteiger partial charge < -0.3 is 5.73 Å². The Morgan fingerprint density at radius 1 is 1.25 bits per heavy atom. The third-order valence-corrected chi connectivity index (χ3v) is 3.72. The summed E-state index contributed by atoms with van der Waals surface area (Å²) >= 11 is 5.76. The van der Waals surface area contributed by atoms with Gasteiger partial charge in [-0.1, -0.05) is 43.0 Å². The molecule has 1 aliphatic carbocycles. The van der Waals surface area contributed by atoms with Crippen molar-refractivity contribution in [2.24, 2.45) is 5.73 Å². The Labute approximate surface area is 101 Å². The normalized spacial score (nSPS) is 19.7. The highest BCUT2D eigenvalue weighted by Crippen LogP contribution is 2.30. The largest absolute Gasteiger partial charge is 0.325 e. The average Bonchev–Trinajstić information content (AvgIpc) is 2.26. The van der Waals surface area contributed by atoms with Crippen LogP contribution in [0.2, 0.25) is 5.02 Å². The second-order valence-corrected chi connectivity index (χ2v) is 5.22. The van der Waals surface area contributed by atoms with Crippen LogP contribution in [0.25, 0.3) is 0 Å². The fourth-order valence-corrected chi connectivity index (χ4v) is 2.69. The molecule has 1 aliphatic rings. The van der Waals surface area contributed by atoms with E-state index in [1.165, 1.54) is 6.42 Å². The number of rotatable bonds is 2. The van der Waals surface area contributed by atoms with Gasteiger partial charge >= 0.3 is 0 Å². The van der Waals surface area contributed by atoms with Crippen LogP contribution < -0.4 is 5.73 Å². The van der Waals surface area contributed by atoms with E-state index in [1.807, 2.05) is 0 Å². The molecule has 1 aromatic rings. The minimum Gasteiger partial charge on any atom is -0.325 e. The summed E-state index contributed by atoms with van der Waals surface area (Å²) in [6, 6.07) is 5.14. The van der Waals surface area contributed by atoms with Crippen molar-refractivity contribution in [3.63, 3.8) is 0 Å². The number of hydrogen-bond donors (Lipinski definition) is 1. The minimum absolute atomic E-state index is 0.192. The number of benzene rings is 1. The summed E-state index contributed by atoms with van der Waals surface area (Å²) in [5.41, 5.74) is 6.72. The monoisotopic (exact) mass is 241 g/mol. The van der Waals surface area contributed by atoms with Crippen molar-refractivity contribution >= 4 is 11.6 Å². The van der Waals surface area contributed by atoms with Gasteiger partial charge in [-0.2, -0.15) is 0 Å². The molecule has 0 bridgehead atoms. The molecule has 88 valence electrons. The van der Waals surface area contributed by atoms with E-state index >= 15 is 0 Å². The van der Waals surface area contributed by atoms with Gasteiger partial charge in [0, 0.05) is 5.54 Å². The van der Waals surface area contributed by atoms with Gasteiger partial charge in [0.05, 0.1) is 5.02 Å². The van der Waals surface area contributed by atoms with Crippen LogP contribution in [0.3, 0.4) is 0 Å². The summed E-state index contributed by atoms with van der Waals surface area (Å²) in [4.78, 5) is 0. The second kappa shape index (κ2) is 4.72. The Bertz CT molecular complexity index is 372. The molecule has 1 saturated carbocycles. The molecule has 16 heavy (non-hydrogen) atoms. The van der Waals surface area contributed by atoms with Gasteiger partial charge in [0.2, 0.25) is 0 Å². The first-order chi connectivity index (χ1) is 7.61. The molecule has 0 amide bonds. The van der Waals surface area contributed by atoms with Crippen LogP contribution >= 0.6 is 11.6 Å².